The maximum absolute atomic E-state index is 11.3. The number of ether oxygens (including phenoxy) is 1. The van der Waals surface area contributed by atoms with Crippen LogP contribution in [-0.4, -0.2) is 27.7 Å². The molecular formula is C21H21BrN4O2. The number of nitrogens with one attached hydrogen (secondary N) is 1. The Kier molecular flexibility index (Phi) is 5.43. The van der Waals surface area contributed by atoms with E-state index < -0.39 is 6.09 Å². The highest BCUT2D eigenvalue weighted by molar-refractivity contribution is 9.10. The van der Waals surface area contributed by atoms with Crippen LogP contribution in [0.25, 0.3) is 11.3 Å². The second-order valence-electron chi connectivity index (χ2n) is 7.00. The van der Waals surface area contributed by atoms with Crippen molar-refractivity contribution in [2.75, 3.05) is 12.4 Å². The number of aromatic nitrogens is 3. The molecule has 1 aromatic carbocycles. The molecule has 2 heterocycles. The van der Waals surface area contributed by atoms with Gasteiger partial charge >= 0.3 is 6.09 Å². The quantitative estimate of drug-likeness (QED) is 0.566. The van der Waals surface area contributed by atoms with Crippen LogP contribution in [0.5, 0.6) is 0 Å². The summed E-state index contributed by atoms with van der Waals surface area (Å²) in [5, 5.41) is 2.65. The fourth-order valence-electron chi connectivity index (χ4n) is 3.20. The number of pyridine rings is 1. The minimum absolute atomic E-state index is 0.183. The van der Waals surface area contributed by atoms with Crippen LogP contribution in [-0.2, 0) is 4.74 Å². The van der Waals surface area contributed by atoms with E-state index in [1.807, 2.05) is 42.9 Å². The summed E-state index contributed by atoms with van der Waals surface area (Å²) < 4.78 is 7.75. The standard InChI is InChI=1S/C21H21BrN4O2/c1-28-21(27)25-17-7-4-15(5-8-17)19-12-26(13-24-19)20(10-14-2-3-14)18-9-6-16(22)11-23-18/h4-9,11-14,20H,2-3,10H2,1H3,(H,25,27). The predicted octanol–water partition coefficient (Wildman–Crippen LogP) is 5.28. The van der Waals surface area contributed by atoms with E-state index in [0.29, 0.717) is 5.69 Å². The molecule has 1 atom stereocenters. The van der Waals surface area contributed by atoms with Crippen molar-refractivity contribution in [3.63, 3.8) is 0 Å². The lowest BCUT2D eigenvalue weighted by Crippen LogP contribution is -2.11. The third-order valence-corrected chi connectivity index (χ3v) is 5.39. The topological polar surface area (TPSA) is 69.0 Å². The van der Waals surface area contributed by atoms with E-state index in [1.165, 1.54) is 20.0 Å². The van der Waals surface area contributed by atoms with Crippen LogP contribution in [0.4, 0.5) is 10.5 Å². The number of methoxy groups -OCH3 is 1. The summed E-state index contributed by atoms with van der Waals surface area (Å²) in [6.45, 7) is 0. The van der Waals surface area contributed by atoms with Gasteiger partial charge < -0.3 is 9.30 Å². The number of carbonyl (C=O) groups is 1. The molecule has 1 amide bonds. The van der Waals surface area contributed by atoms with E-state index in [4.69, 9.17) is 0 Å². The van der Waals surface area contributed by atoms with E-state index in [9.17, 15) is 4.79 Å². The Morgan fingerprint density at radius 2 is 2.04 bits per heavy atom. The molecule has 0 radical (unpaired) electrons. The lowest BCUT2D eigenvalue weighted by Gasteiger charge is -2.17. The first kappa shape index (κ1) is 18.7. The van der Waals surface area contributed by atoms with Gasteiger partial charge in [0, 0.05) is 28.1 Å². The van der Waals surface area contributed by atoms with E-state index >= 15 is 0 Å². The molecule has 1 fully saturated rings. The van der Waals surface area contributed by atoms with E-state index in [-0.39, 0.29) is 6.04 Å². The number of halogens is 1. The van der Waals surface area contributed by atoms with E-state index in [1.54, 1.807) is 0 Å². The maximum Gasteiger partial charge on any atom is 0.411 e. The first-order valence-corrected chi connectivity index (χ1v) is 10.0. The molecular weight excluding hydrogens is 420 g/mol. The second kappa shape index (κ2) is 8.14. The van der Waals surface area contributed by atoms with Gasteiger partial charge in [-0.15, -0.1) is 0 Å². The van der Waals surface area contributed by atoms with E-state index in [2.05, 4.69) is 52.8 Å². The van der Waals surface area contributed by atoms with Gasteiger partial charge in [0.25, 0.3) is 0 Å². The molecule has 1 aliphatic carbocycles. The Morgan fingerprint density at radius 1 is 1.25 bits per heavy atom. The van der Waals surface area contributed by atoms with Gasteiger partial charge in [-0.3, -0.25) is 10.3 Å². The Hall–Kier alpha value is -2.67. The monoisotopic (exact) mass is 440 g/mol. The molecule has 0 bridgehead atoms. The molecule has 6 nitrogen and oxygen atoms in total. The minimum Gasteiger partial charge on any atom is -0.453 e. The van der Waals surface area contributed by atoms with Gasteiger partial charge in [-0.05, 0) is 52.5 Å². The fourth-order valence-corrected chi connectivity index (χ4v) is 3.43. The Bertz CT molecular complexity index is 949. The van der Waals surface area contributed by atoms with Crippen molar-refractivity contribution in [1.82, 2.24) is 14.5 Å². The average molecular weight is 441 g/mol. The summed E-state index contributed by atoms with van der Waals surface area (Å²) in [5.74, 6) is 0.768. The molecule has 144 valence electrons. The minimum atomic E-state index is -0.484. The number of rotatable bonds is 6. The van der Waals surface area contributed by atoms with Gasteiger partial charge in [-0.25, -0.2) is 9.78 Å². The maximum atomic E-state index is 11.3. The lowest BCUT2D eigenvalue weighted by atomic mass is 10.1. The summed E-state index contributed by atoms with van der Waals surface area (Å²) >= 11 is 3.46. The lowest BCUT2D eigenvalue weighted by molar-refractivity contribution is 0.187. The first-order chi connectivity index (χ1) is 13.6. The van der Waals surface area contributed by atoms with Crippen molar-refractivity contribution < 1.29 is 9.53 Å². The molecule has 2 aromatic heterocycles. The molecule has 0 saturated heterocycles. The SMILES string of the molecule is COC(=O)Nc1ccc(-c2cn(C(CC3CC3)c3ccc(Br)cn3)cn2)cc1. The van der Waals surface area contributed by atoms with Gasteiger partial charge in [-0.1, -0.05) is 25.0 Å². The van der Waals surface area contributed by atoms with Crippen molar-refractivity contribution in [2.45, 2.75) is 25.3 Å². The van der Waals surface area contributed by atoms with Crippen molar-refractivity contribution >= 4 is 27.7 Å². The molecule has 1 aliphatic rings. The van der Waals surface area contributed by atoms with Crippen LogP contribution >= 0.6 is 15.9 Å². The molecule has 3 aromatic rings. The molecule has 4 rings (SSSR count). The Labute approximate surface area is 172 Å². The van der Waals surface area contributed by atoms with Crippen molar-refractivity contribution in [2.24, 2.45) is 5.92 Å². The predicted molar refractivity (Wildman–Crippen MR) is 111 cm³/mol. The highest BCUT2D eigenvalue weighted by Crippen LogP contribution is 2.39. The summed E-state index contributed by atoms with van der Waals surface area (Å²) in [4.78, 5) is 20.5. The fraction of sp³-hybridized carbons (Fsp3) is 0.286. The number of carbonyl (C=O) groups excluding carboxylic acids is 1. The van der Waals surface area contributed by atoms with Crippen LogP contribution in [0, 0.1) is 5.92 Å². The molecule has 1 unspecified atom stereocenters. The number of benzene rings is 1. The number of nitrogens with zero attached hydrogens (tertiary/aromatic N) is 3. The van der Waals surface area contributed by atoms with Gasteiger partial charge in [-0.2, -0.15) is 0 Å². The highest BCUT2D eigenvalue weighted by Gasteiger charge is 2.28. The number of imidazole rings is 1. The van der Waals surface area contributed by atoms with Gasteiger partial charge in [0.15, 0.2) is 0 Å². The van der Waals surface area contributed by atoms with E-state index in [0.717, 1.165) is 33.8 Å². The van der Waals surface area contributed by atoms with Crippen LogP contribution < -0.4 is 5.32 Å². The zero-order valence-electron chi connectivity index (χ0n) is 15.5. The zero-order chi connectivity index (χ0) is 19.5. The number of hydrogen-bond acceptors (Lipinski definition) is 4. The zero-order valence-corrected chi connectivity index (χ0v) is 17.1. The third kappa shape index (κ3) is 4.42. The van der Waals surface area contributed by atoms with Crippen LogP contribution in [0.2, 0.25) is 0 Å². The normalized spacial score (nSPS) is 14.5. The largest absolute Gasteiger partial charge is 0.453 e. The number of hydrogen-bond donors (Lipinski definition) is 1. The molecule has 28 heavy (non-hydrogen) atoms. The molecule has 0 spiro atoms. The molecule has 1 N–H and O–H groups in total. The number of anilines is 1. The first-order valence-electron chi connectivity index (χ1n) is 9.22. The molecule has 0 aliphatic heterocycles. The summed E-state index contributed by atoms with van der Waals surface area (Å²) in [5.41, 5.74) is 3.61. The van der Waals surface area contributed by atoms with Crippen LogP contribution in [0.15, 0.2) is 59.6 Å². The second-order valence-corrected chi connectivity index (χ2v) is 7.91. The summed E-state index contributed by atoms with van der Waals surface area (Å²) in [6, 6.07) is 11.8. The average Bonchev–Trinajstić information content (AvgIpc) is 3.41. The number of amides is 1. The van der Waals surface area contributed by atoms with Gasteiger partial charge in [0.05, 0.1) is 30.9 Å². The van der Waals surface area contributed by atoms with Gasteiger partial charge in [0.2, 0.25) is 0 Å². The summed E-state index contributed by atoms with van der Waals surface area (Å²) in [7, 11) is 1.34. The summed E-state index contributed by atoms with van der Waals surface area (Å²) in [6.07, 6.45) is 8.98. The van der Waals surface area contributed by atoms with Crippen molar-refractivity contribution in [1.29, 1.82) is 0 Å². The third-order valence-electron chi connectivity index (χ3n) is 4.92. The Balaban J connectivity index is 1.56. The molecule has 1 saturated carbocycles. The highest BCUT2D eigenvalue weighted by atomic mass is 79.9. The van der Waals surface area contributed by atoms with Crippen LogP contribution in [0.1, 0.15) is 31.0 Å². The van der Waals surface area contributed by atoms with Crippen LogP contribution in [0.3, 0.4) is 0 Å². The van der Waals surface area contributed by atoms with Gasteiger partial charge in [0.1, 0.15) is 0 Å². The smallest absolute Gasteiger partial charge is 0.411 e. The van der Waals surface area contributed by atoms with Crippen molar-refractivity contribution in [3.05, 3.63) is 65.3 Å². The molecule has 7 heteroatoms. The Morgan fingerprint density at radius 3 is 2.68 bits per heavy atom. The van der Waals surface area contributed by atoms with Crippen molar-refractivity contribution in [3.8, 4) is 11.3 Å².